The number of rotatable bonds is 8. The number of hydrogen-bond donors (Lipinski definition) is 2. The molecule has 5 nitrogen and oxygen atoms in total. The summed E-state index contributed by atoms with van der Waals surface area (Å²) in [4.78, 5) is 23.1. The Hall–Kier alpha value is -2.14. The zero-order chi connectivity index (χ0) is 14.8. The first-order valence-corrected chi connectivity index (χ1v) is 6.41. The van der Waals surface area contributed by atoms with E-state index >= 15 is 0 Å². The predicted molar refractivity (Wildman–Crippen MR) is 76.9 cm³/mol. The molecule has 0 bridgehead atoms. The Kier molecular flexibility index (Phi) is 7.06. The molecule has 0 saturated heterocycles. The lowest BCUT2D eigenvalue weighted by Crippen LogP contribution is -2.48. The Bertz CT molecular complexity index is 446. The van der Waals surface area contributed by atoms with Crippen molar-refractivity contribution in [3.8, 4) is 0 Å². The quantitative estimate of drug-likeness (QED) is 0.550. The fourth-order valence-corrected chi connectivity index (χ4v) is 1.61. The first-order valence-electron chi connectivity index (χ1n) is 6.41. The predicted octanol–water partition coefficient (Wildman–Crippen LogP) is 1.01. The topological polar surface area (TPSA) is 67.4 Å². The van der Waals surface area contributed by atoms with E-state index in [0.717, 1.165) is 5.56 Å². The van der Waals surface area contributed by atoms with Crippen LogP contribution in [0.25, 0.3) is 0 Å². The van der Waals surface area contributed by atoms with Gasteiger partial charge in [-0.15, -0.1) is 6.58 Å². The summed E-state index contributed by atoms with van der Waals surface area (Å²) in [6, 6.07) is 8.86. The minimum absolute atomic E-state index is 0.117. The van der Waals surface area contributed by atoms with Crippen LogP contribution < -0.4 is 10.6 Å². The molecule has 0 heterocycles. The summed E-state index contributed by atoms with van der Waals surface area (Å²) >= 11 is 0. The van der Waals surface area contributed by atoms with Crippen molar-refractivity contribution in [2.45, 2.75) is 19.5 Å². The van der Waals surface area contributed by atoms with Crippen molar-refractivity contribution in [3.63, 3.8) is 0 Å². The van der Waals surface area contributed by atoms with Gasteiger partial charge in [-0.25, -0.2) is 0 Å². The Morgan fingerprint density at radius 1 is 1.35 bits per heavy atom. The lowest BCUT2D eigenvalue weighted by Gasteiger charge is -2.17. The van der Waals surface area contributed by atoms with Gasteiger partial charge in [-0.2, -0.15) is 0 Å². The van der Waals surface area contributed by atoms with Crippen molar-refractivity contribution in [1.29, 1.82) is 0 Å². The van der Waals surface area contributed by atoms with Crippen molar-refractivity contribution < 1.29 is 14.3 Å². The lowest BCUT2D eigenvalue weighted by molar-refractivity contribution is -0.129. The highest BCUT2D eigenvalue weighted by Gasteiger charge is 2.19. The van der Waals surface area contributed by atoms with E-state index in [2.05, 4.69) is 17.2 Å². The standard InChI is InChI=1S/C15H20N2O3/c1-3-9-20-11-14(17-12(2)18)15(19)16-10-13-7-5-4-6-8-13/h3-8,14H,1,9-11H2,2H3,(H,16,19)(H,17,18)/t14-/m0/s1. The summed E-state index contributed by atoms with van der Waals surface area (Å²) < 4.78 is 5.23. The molecule has 1 aromatic carbocycles. The Morgan fingerprint density at radius 3 is 2.65 bits per heavy atom. The highest BCUT2D eigenvalue weighted by atomic mass is 16.5. The van der Waals surface area contributed by atoms with Gasteiger partial charge < -0.3 is 15.4 Å². The zero-order valence-electron chi connectivity index (χ0n) is 11.6. The molecule has 1 rings (SSSR count). The number of carbonyl (C=O) groups is 2. The highest BCUT2D eigenvalue weighted by Crippen LogP contribution is 1.98. The van der Waals surface area contributed by atoms with E-state index in [1.807, 2.05) is 30.3 Å². The SMILES string of the molecule is C=CCOC[C@H](NC(C)=O)C(=O)NCc1ccccc1. The van der Waals surface area contributed by atoms with E-state index in [9.17, 15) is 9.59 Å². The average molecular weight is 276 g/mol. The zero-order valence-corrected chi connectivity index (χ0v) is 11.6. The van der Waals surface area contributed by atoms with Crippen molar-refractivity contribution in [2.75, 3.05) is 13.2 Å². The fourth-order valence-electron chi connectivity index (χ4n) is 1.61. The van der Waals surface area contributed by atoms with Crippen LogP contribution in [0.2, 0.25) is 0 Å². The van der Waals surface area contributed by atoms with Crippen LogP contribution in [0.1, 0.15) is 12.5 Å². The van der Waals surface area contributed by atoms with Gasteiger partial charge in [0.15, 0.2) is 0 Å². The van der Waals surface area contributed by atoms with Gasteiger partial charge in [-0.05, 0) is 5.56 Å². The van der Waals surface area contributed by atoms with E-state index in [-0.39, 0.29) is 18.4 Å². The average Bonchev–Trinajstić information content (AvgIpc) is 2.44. The molecule has 0 radical (unpaired) electrons. The second kappa shape index (κ2) is 8.87. The van der Waals surface area contributed by atoms with Crippen LogP contribution >= 0.6 is 0 Å². The third kappa shape index (κ3) is 6.15. The van der Waals surface area contributed by atoms with Crippen LogP contribution in [-0.2, 0) is 20.9 Å². The molecule has 1 atom stereocenters. The van der Waals surface area contributed by atoms with Crippen LogP contribution in [0.5, 0.6) is 0 Å². The van der Waals surface area contributed by atoms with Gasteiger partial charge in [0.2, 0.25) is 11.8 Å². The van der Waals surface area contributed by atoms with Crippen LogP contribution in [0.3, 0.4) is 0 Å². The number of nitrogens with one attached hydrogen (secondary N) is 2. The molecule has 0 aliphatic rings. The highest BCUT2D eigenvalue weighted by molar-refractivity contribution is 5.86. The first-order chi connectivity index (χ1) is 9.63. The summed E-state index contributed by atoms with van der Waals surface area (Å²) in [7, 11) is 0. The maximum absolute atomic E-state index is 12.0. The summed E-state index contributed by atoms with van der Waals surface area (Å²) in [5.41, 5.74) is 0.995. The molecule has 0 saturated carbocycles. The molecular weight excluding hydrogens is 256 g/mol. The molecule has 5 heteroatoms. The van der Waals surface area contributed by atoms with E-state index in [1.165, 1.54) is 6.92 Å². The van der Waals surface area contributed by atoms with Gasteiger partial charge in [0.05, 0.1) is 13.2 Å². The number of hydrogen-bond acceptors (Lipinski definition) is 3. The molecule has 2 N–H and O–H groups in total. The molecule has 0 aromatic heterocycles. The molecular formula is C15H20N2O3. The maximum Gasteiger partial charge on any atom is 0.245 e. The van der Waals surface area contributed by atoms with Crippen molar-refractivity contribution in [3.05, 3.63) is 48.6 Å². The summed E-state index contributed by atoms with van der Waals surface area (Å²) in [6.07, 6.45) is 1.59. The van der Waals surface area contributed by atoms with E-state index in [4.69, 9.17) is 4.74 Å². The minimum atomic E-state index is -0.698. The van der Waals surface area contributed by atoms with E-state index < -0.39 is 6.04 Å². The summed E-state index contributed by atoms with van der Waals surface area (Å²) in [6.45, 7) is 5.76. The first kappa shape index (κ1) is 15.9. The Balaban J connectivity index is 2.49. The van der Waals surface area contributed by atoms with Gasteiger partial charge in [0.1, 0.15) is 6.04 Å². The smallest absolute Gasteiger partial charge is 0.245 e. The number of benzene rings is 1. The Morgan fingerprint density at radius 2 is 2.05 bits per heavy atom. The normalized spacial score (nSPS) is 11.4. The van der Waals surface area contributed by atoms with Gasteiger partial charge in [0, 0.05) is 13.5 Å². The molecule has 0 spiro atoms. The Labute approximate surface area is 119 Å². The van der Waals surface area contributed by atoms with Crippen LogP contribution in [-0.4, -0.2) is 31.1 Å². The van der Waals surface area contributed by atoms with Gasteiger partial charge in [0.25, 0.3) is 0 Å². The van der Waals surface area contributed by atoms with Crippen LogP contribution in [0.4, 0.5) is 0 Å². The number of amides is 2. The molecule has 0 fully saturated rings. The third-order valence-electron chi connectivity index (χ3n) is 2.52. The van der Waals surface area contributed by atoms with Gasteiger partial charge >= 0.3 is 0 Å². The second-order valence-electron chi connectivity index (χ2n) is 4.28. The van der Waals surface area contributed by atoms with Crippen molar-refractivity contribution >= 4 is 11.8 Å². The number of carbonyl (C=O) groups excluding carboxylic acids is 2. The van der Waals surface area contributed by atoms with Crippen LogP contribution in [0.15, 0.2) is 43.0 Å². The molecule has 0 aliphatic carbocycles. The monoisotopic (exact) mass is 276 g/mol. The molecule has 2 amide bonds. The van der Waals surface area contributed by atoms with Gasteiger partial charge in [-0.3, -0.25) is 9.59 Å². The van der Waals surface area contributed by atoms with Gasteiger partial charge in [-0.1, -0.05) is 36.4 Å². The van der Waals surface area contributed by atoms with Crippen molar-refractivity contribution in [2.24, 2.45) is 0 Å². The molecule has 0 unspecified atom stereocenters. The second-order valence-corrected chi connectivity index (χ2v) is 4.28. The van der Waals surface area contributed by atoms with E-state index in [1.54, 1.807) is 6.08 Å². The fraction of sp³-hybridized carbons (Fsp3) is 0.333. The summed E-state index contributed by atoms with van der Waals surface area (Å²) in [5, 5.41) is 5.34. The van der Waals surface area contributed by atoms with Crippen molar-refractivity contribution in [1.82, 2.24) is 10.6 Å². The third-order valence-corrected chi connectivity index (χ3v) is 2.52. The summed E-state index contributed by atoms with van der Waals surface area (Å²) in [5.74, 6) is -0.542. The molecule has 0 aliphatic heterocycles. The largest absolute Gasteiger partial charge is 0.375 e. The maximum atomic E-state index is 12.0. The molecule has 1 aromatic rings. The molecule has 20 heavy (non-hydrogen) atoms. The lowest BCUT2D eigenvalue weighted by atomic mass is 10.2. The van der Waals surface area contributed by atoms with E-state index in [0.29, 0.717) is 13.2 Å². The number of ether oxygens (including phenoxy) is 1. The minimum Gasteiger partial charge on any atom is -0.375 e. The molecule has 108 valence electrons. The van der Waals surface area contributed by atoms with Crippen LogP contribution in [0, 0.1) is 0 Å².